The Bertz CT molecular complexity index is 608. The van der Waals surface area contributed by atoms with Gasteiger partial charge in [0, 0.05) is 24.1 Å². The highest BCUT2D eigenvalue weighted by atomic mass is 19.1. The third-order valence-electron chi connectivity index (χ3n) is 3.34. The Hall–Kier alpha value is -2.44. The molecule has 0 saturated heterocycles. The maximum absolute atomic E-state index is 13.1. The molecule has 0 spiro atoms. The molecule has 1 N–H and O–H groups in total. The number of hydrogen-bond donors (Lipinski definition) is 1. The van der Waals surface area contributed by atoms with Crippen LogP contribution in [-0.2, 0) is 19.1 Å². The molecule has 138 valence electrons. The van der Waals surface area contributed by atoms with E-state index in [1.54, 1.807) is 27.7 Å². The normalized spacial score (nSPS) is 10.9. The van der Waals surface area contributed by atoms with Crippen LogP contribution >= 0.6 is 0 Å². The Morgan fingerprint density at radius 3 is 2.28 bits per heavy atom. The van der Waals surface area contributed by atoms with Gasteiger partial charge in [0.2, 0.25) is 11.8 Å². The predicted molar refractivity (Wildman–Crippen MR) is 92.5 cm³/mol. The van der Waals surface area contributed by atoms with Crippen molar-refractivity contribution in [2.45, 2.75) is 34.1 Å². The van der Waals surface area contributed by atoms with Gasteiger partial charge in [0.15, 0.2) is 0 Å². The molecule has 0 aromatic heterocycles. The van der Waals surface area contributed by atoms with E-state index in [0.717, 1.165) is 0 Å². The van der Waals surface area contributed by atoms with Gasteiger partial charge in [0.25, 0.3) is 0 Å². The molecular weight excluding hydrogens is 327 g/mol. The van der Waals surface area contributed by atoms with Crippen LogP contribution in [-0.4, -0.2) is 37.5 Å². The van der Waals surface area contributed by atoms with E-state index in [4.69, 9.17) is 4.74 Å². The Balaban J connectivity index is 2.77. The van der Waals surface area contributed by atoms with Crippen molar-refractivity contribution >= 4 is 23.5 Å². The molecule has 1 rings (SSSR count). The number of ether oxygens (including phenoxy) is 1. The summed E-state index contributed by atoms with van der Waals surface area (Å²) in [5, 5.41) is 2.68. The minimum absolute atomic E-state index is 0.0125. The summed E-state index contributed by atoms with van der Waals surface area (Å²) in [4.78, 5) is 37.3. The highest BCUT2D eigenvalue weighted by Gasteiger charge is 2.23. The molecule has 0 saturated carbocycles. The summed E-state index contributed by atoms with van der Waals surface area (Å²) in [6, 6.07) is 5.25. The minimum Gasteiger partial charge on any atom is -0.465 e. The largest absolute Gasteiger partial charge is 0.465 e. The molecule has 0 aliphatic rings. The molecule has 0 fully saturated rings. The lowest BCUT2D eigenvalue weighted by atomic mass is 9.96. The highest BCUT2D eigenvalue weighted by molar-refractivity contribution is 5.98. The van der Waals surface area contributed by atoms with E-state index in [0.29, 0.717) is 5.69 Å². The number of anilines is 1. The van der Waals surface area contributed by atoms with Gasteiger partial charge in [-0.15, -0.1) is 0 Å². The molecule has 0 heterocycles. The maximum Gasteiger partial charge on any atom is 0.326 e. The first kappa shape index (κ1) is 20.6. The van der Waals surface area contributed by atoms with E-state index in [9.17, 15) is 18.8 Å². The fraction of sp³-hybridized carbons (Fsp3) is 0.500. The summed E-state index contributed by atoms with van der Waals surface area (Å²) in [5.41, 5.74) is -0.161. The Morgan fingerprint density at radius 2 is 1.76 bits per heavy atom. The van der Waals surface area contributed by atoms with Crippen molar-refractivity contribution in [1.82, 2.24) is 5.32 Å². The Morgan fingerprint density at radius 1 is 1.16 bits per heavy atom. The summed E-state index contributed by atoms with van der Waals surface area (Å²) in [6.07, 6.45) is 0.0125. The van der Waals surface area contributed by atoms with Crippen LogP contribution in [0.4, 0.5) is 10.1 Å². The van der Waals surface area contributed by atoms with Crippen molar-refractivity contribution in [3.05, 3.63) is 30.1 Å². The number of hydrogen-bond acceptors (Lipinski definition) is 4. The van der Waals surface area contributed by atoms with Crippen LogP contribution in [0.25, 0.3) is 0 Å². The molecule has 1 aromatic carbocycles. The molecular formula is C18H25FN2O4. The summed E-state index contributed by atoms with van der Waals surface area (Å²) in [6.45, 7) is 7.07. The predicted octanol–water partition coefficient (Wildman–Crippen LogP) is 2.27. The number of benzene rings is 1. The minimum atomic E-state index is -0.557. The van der Waals surface area contributed by atoms with Crippen molar-refractivity contribution < 1.29 is 23.5 Å². The summed E-state index contributed by atoms with van der Waals surface area (Å²) in [7, 11) is 0. The van der Waals surface area contributed by atoms with Crippen molar-refractivity contribution in [1.29, 1.82) is 0 Å². The second-order valence-corrected chi connectivity index (χ2v) is 6.52. The number of nitrogens with zero attached hydrogens (tertiary/aromatic N) is 1. The van der Waals surface area contributed by atoms with Gasteiger partial charge in [-0.25, -0.2) is 4.39 Å². The van der Waals surface area contributed by atoms with E-state index < -0.39 is 17.2 Å². The highest BCUT2D eigenvalue weighted by Crippen LogP contribution is 2.16. The average molecular weight is 352 g/mol. The quantitative estimate of drug-likeness (QED) is 0.764. The average Bonchev–Trinajstić information content (AvgIpc) is 2.52. The van der Waals surface area contributed by atoms with Gasteiger partial charge >= 0.3 is 5.97 Å². The third-order valence-corrected chi connectivity index (χ3v) is 3.34. The van der Waals surface area contributed by atoms with Gasteiger partial charge in [-0.05, 0) is 31.2 Å². The van der Waals surface area contributed by atoms with Crippen LogP contribution in [0, 0.1) is 11.2 Å². The second kappa shape index (κ2) is 9.15. The van der Waals surface area contributed by atoms with E-state index in [-0.39, 0.29) is 37.9 Å². The number of esters is 1. The first-order valence-corrected chi connectivity index (χ1v) is 8.15. The molecule has 0 radical (unpaired) electrons. The number of halogens is 1. The monoisotopic (exact) mass is 352 g/mol. The fourth-order valence-corrected chi connectivity index (χ4v) is 1.96. The first-order valence-electron chi connectivity index (χ1n) is 8.15. The van der Waals surface area contributed by atoms with Crippen LogP contribution in [0.2, 0.25) is 0 Å². The van der Waals surface area contributed by atoms with Crippen LogP contribution < -0.4 is 10.2 Å². The molecule has 0 bridgehead atoms. The van der Waals surface area contributed by atoms with Crippen molar-refractivity contribution in [3.8, 4) is 0 Å². The second-order valence-electron chi connectivity index (χ2n) is 6.52. The molecule has 1 aromatic rings. The molecule has 0 aliphatic carbocycles. The van der Waals surface area contributed by atoms with E-state index >= 15 is 0 Å². The standard InChI is InChI=1S/C18H25FN2O4/c1-5-25-16(23)12-21(14-8-6-13(19)7-9-14)15(22)10-11-20-17(24)18(2,3)4/h6-9H,5,10-12H2,1-4H3,(H,20,24). The van der Waals surface area contributed by atoms with Gasteiger partial charge in [-0.2, -0.15) is 0 Å². The van der Waals surface area contributed by atoms with Gasteiger partial charge in [0.05, 0.1) is 6.61 Å². The van der Waals surface area contributed by atoms with Crippen LogP contribution in [0.1, 0.15) is 34.1 Å². The Kier molecular flexibility index (Phi) is 7.54. The topological polar surface area (TPSA) is 75.7 Å². The van der Waals surface area contributed by atoms with Crippen molar-refractivity contribution in [3.63, 3.8) is 0 Å². The van der Waals surface area contributed by atoms with Gasteiger partial charge in [0.1, 0.15) is 12.4 Å². The number of carbonyl (C=O) groups excluding carboxylic acids is 3. The van der Waals surface area contributed by atoms with E-state index in [1.165, 1.54) is 29.2 Å². The third kappa shape index (κ3) is 6.91. The molecule has 0 unspecified atom stereocenters. The first-order chi connectivity index (χ1) is 11.6. The van der Waals surface area contributed by atoms with E-state index in [2.05, 4.69) is 5.32 Å². The molecule has 25 heavy (non-hydrogen) atoms. The van der Waals surface area contributed by atoms with Gasteiger partial charge < -0.3 is 15.0 Å². The SMILES string of the molecule is CCOC(=O)CN(C(=O)CCNC(=O)C(C)(C)C)c1ccc(F)cc1. The Labute approximate surface area is 147 Å². The zero-order valence-electron chi connectivity index (χ0n) is 15.1. The summed E-state index contributed by atoms with van der Waals surface area (Å²) < 4.78 is 18.0. The lowest BCUT2D eigenvalue weighted by Gasteiger charge is -2.23. The lowest BCUT2D eigenvalue weighted by Crippen LogP contribution is -2.40. The molecule has 0 aliphatic heterocycles. The number of rotatable bonds is 7. The smallest absolute Gasteiger partial charge is 0.326 e. The van der Waals surface area contributed by atoms with E-state index in [1.807, 2.05) is 0 Å². The van der Waals surface area contributed by atoms with Crippen LogP contribution in [0.5, 0.6) is 0 Å². The lowest BCUT2D eigenvalue weighted by molar-refractivity contribution is -0.142. The van der Waals surface area contributed by atoms with Gasteiger partial charge in [-0.1, -0.05) is 20.8 Å². The molecule has 7 heteroatoms. The molecule has 2 amide bonds. The maximum atomic E-state index is 13.1. The van der Waals surface area contributed by atoms with Gasteiger partial charge in [-0.3, -0.25) is 14.4 Å². The summed E-state index contributed by atoms with van der Waals surface area (Å²) >= 11 is 0. The van der Waals surface area contributed by atoms with Crippen LogP contribution in [0.15, 0.2) is 24.3 Å². The van der Waals surface area contributed by atoms with Crippen molar-refractivity contribution in [2.75, 3.05) is 24.6 Å². The number of carbonyl (C=O) groups is 3. The fourth-order valence-electron chi connectivity index (χ4n) is 1.96. The molecule has 0 atom stereocenters. The number of nitrogens with one attached hydrogen (secondary N) is 1. The van der Waals surface area contributed by atoms with Crippen LogP contribution in [0.3, 0.4) is 0 Å². The van der Waals surface area contributed by atoms with Crippen molar-refractivity contribution in [2.24, 2.45) is 5.41 Å². The summed E-state index contributed by atoms with van der Waals surface area (Å²) in [5.74, 6) is -1.53. The number of amides is 2. The molecule has 6 nitrogen and oxygen atoms in total. The zero-order chi connectivity index (χ0) is 19.0. The zero-order valence-corrected chi connectivity index (χ0v) is 15.1.